The third-order valence-corrected chi connectivity index (χ3v) is 6.05. The molecule has 33 heavy (non-hydrogen) atoms. The number of nitrogens with one attached hydrogen (secondary N) is 1. The molecule has 0 unspecified atom stereocenters. The molecule has 0 spiro atoms. The molecule has 8 heteroatoms. The Morgan fingerprint density at radius 2 is 1.85 bits per heavy atom. The number of carbonyl (C=O) groups excluding carboxylic acids is 1. The van der Waals surface area contributed by atoms with Gasteiger partial charge in [-0.15, -0.1) is 0 Å². The van der Waals surface area contributed by atoms with E-state index in [4.69, 9.17) is 9.47 Å². The summed E-state index contributed by atoms with van der Waals surface area (Å²) in [6.07, 6.45) is 5.81. The summed E-state index contributed by atoms with van der Waals surface area (Å²) in [4.78, 5) is 16.2. The number of anilines is 1. The Morgan fingerprint density at radius 1 is 1.06 bits per heavy atom. The second kappa shape index (κ2) is 11.0. The lowest BCUT2D eigenvalue weighted by Crippen LogP contribution is -2.46. The van der Waals surface area contributed by atoms with Gasteiger partial charge in [0.05, 0.1) is 25.4 Å². The number of fused-ring (bicyclic) bond motifs is 1. The minimum Gasteiger partial charge on any atom is -0.497 e. The fourth-order valence-corrected chi connectivity index (χ4v) is 4.11. The minimum atomic E-state index is -0.0519. The van der Waals surface area contributed by atoms with Gasteiger partial charge in [-0.05, 0) is 49.7 Å². The van der Waals surface area contributed by atoms with E-state index in [9.17, 15) is 4.79 Å². The highest BCUT2D eigenvalue weighted by Crippen LogP contribution is 2.21. The van der Waals surface area contributed by atoms with Crippen LogP contribution in [0, 0.1) is 0 Å². The topological polar surface area (TPSA) is 71.3 Å². The van der Waals surface area contributed by atoms with E-state index in [-0.39, 0.29) is 5.91 Å². The molecule has 0 saturated carbocycles. The molecule has 0 radical (unpaired) electrons. The number of amides is 1. The van der Waals surface area contributed by atoms with Gasteiger partial charge in [0.15, 0.2) is 0 Å². The van der Waals surface area contributed by atoms with Crippen LogP contribution < -0.4 is 19.7 Å². The standard InChI is InChI=1S/C25H33N5O3/c1-20(31)26-18-21-19-27-30-11-9-24(17-25(21)30)33-16-4-3-10-28-12-14-29(15-13-28)22-5-7-23(32-2)8-6-22/h5-9,11,17,19H,3-4,10,12-16,18H2,1-2H3,(H,26,31). The third kappa shape index (κ3) is 6.16. The predicted molar refractivity (Wildman–Crippen MR) is 129 cm³/mol. The molecule has 176 valence electrons. The summed E-state index contributed by atoms with van der Waals surface area (Å²) < 4.78 is 13.0. The highest BCUT2D eigenvalue weighted by atomic mass is 16.5. The van der Waals surface area contributed by atoms with Gasteiger partial charge >= 0.3 is 0 Å². The molecule has 0 bridgehead atoms. The van der Waals surface area contributed by atoms with E-state index >= 15 is 0 Å². The van der Waals surface area contributed by atoms with E-state index in [2.05, 4.69) is 32.3 Å². The van der Waals surface area contributed by atoms with Crippen LogP contribution in [0.1, 0.15) is 25.3 Å². The first kappa shape index (κ1) is 22.9. The van der Waals surface area contributed by atoms with Crippen molar-refractivity contribution in [2.45, 2.75) is 26.3 Å². The Labute approximate surface area is 195 Å². The number of carbonyl (C=O) groups is 1. The first-order valence-electron chi connectivity index (χ1n) is 11.6. The number of aromatic nitrogens is 2. The molecule has 8 nitrogen and oxygen atoms in total. The number of hydrogen-bond acceptors (Lipinski definition) is 6. The van der Waals surface area contributed by atoms with Crippen molar-refractivity contribution in [2.75, 3.05) is 51.3 Å². The van der Waals surface area contributed by atoms with Gasteiger partial charge in [-0.1, -0.05) is 0 Å². The molecule has 0 aliphatic carbocycles. The third-order valence-electron chi connectivity index (χ3n) is 6.05. The lowest BCUT2D eigenvalue weighted by atomic mass is 10.2. The zero-order valence-electron chi connectivity index (χ0n) is 19.5. The lowest BCUT2D eigenvalue weighted by Gasteiger charge is -2.36. The number of rotatable bonds is 10. The SMILES string of the molecule is COc1ccc(N2CCN(CCCCOc3ccn4ncc(CNC(C)=O)c4c3)CC2)cc1. The molecule has 1 fully saturated rings. The predicted octanol–water partition coefficient (Wildman–Crippen LogP) is 2.96. The first-order chi connectivity index (χ1) is 16.1. The van der Waals surface area contributed by atoms with E-state index in [0.29, 0.717) is 13.2 Å². The summed E-state index contributed by atoms with van der Waals surface area (Å²) in [5, 5.41) is 7.15. The normalized spacial score (nSPS) is 14.4. The van der Waals surface area contributed by atoms with Crippen LogP contribution in [0.3, 0.4) is 0 Å². The average molecular weight is 452 g/mol. The summed E-state index contributed by atoms with van der Waals surface area (Å²) in [6, 6.07) is 12.2. The molecule has 3 aromatic rings. The van der Waals surface area contributed by atoms with E-state index in [1.54, 1.807) is 17.8 Å². The van der Waals surface area contributed by atoms with Gasteiger partial charge in [0.25, 0.3) is 0 Å². The van der Waals surface area contributed by atoms with E-state index < -0.39 is 0 Å². The number of pyridine rings is 1. The quantitative estimate of drug-likeness (QED) is 0.478. The Balaban J connectivity index is 1.16. The van der Waals surface area contributed by atoms with E-state index in [1.165, 1.54) is 12.6 Å². The lowest BCUT2D eigenvalue weighted by molar-refractivity contribution is -0.119. The van der Waals surface area contributed by atoms with Crippen LogP contribution in [0.4, 0.5) is 5.69 Å². The van der Waals surface area contributed by atoms with Crippen molar-refractivity contribution in [3.05, 3.63) is 54.4 Å². The summed E-state index contributed by atoms with van der Waals surface area (Å²) in [5.41, 5.74) is 3.19. The van der Waals surface area contributed by atoms with Gasteiger partial charge in [-0.25, -0.2) is 4.52 Å². The highest BCUT2D eigenvalue weighted by Gasteiger charge is 2.16. The van der Waals surface area contributed by atoms with Crippen LogP contribution in [0.25, 0.3) is 5.52 Å². The Hall–Kier alpha value is -3.26. The van der Waals surface area contributed by atoms with Crippen molar-refractivity contribution in [1.29, 1.82) is 0 Å². The number of piperazine rings is 1. The van der Waals surface area contributed by atoms with Crippen LogP contribution in [-0.2, 0) is 11.3 Å². The molecule has 2 aromatic heterocycles. The summed E-state index contributed by atoms with van der Waals surface area (Å²) >= 11 is 0. The molecule has 1 aliphatic rings. The molecule has 1 N–H and O–H groups in total. The summed E-state index contributed by atoms with van der Waals surface area (Å²) in [6.45, 7) is 8.04. The zero-order chi connectivity index (χ0) is 23.0. The maximum atomic E-state index is 11.2. The number of nitrogens with zero attached hydrogens (tertiary/aromatic N) is 4. The van der Waals surface area contributed by atoms with Crippen molar-refractivity contribution in [3.8, 4) is 11.5 Å². The zero-order valence-corrected chi connectivity index (χ0v) is 19.5. The van der Waals surface area contributed by atoms with Crippen LogP contribution in [0.5, 0.6) is 11.5 Å². The molecule has 1 aliphatic heterocycles. The van der Waals surface area contributed by atoms with Gasteiger partial charge in [-0.2, -0.15) is 5.10 Å². The Kier molecular flexibility index (Phi) is 7.67. The molecular formula is C25H33N5O3. The summed E-state index contributed by atoms with van der Waals surface area (Å²) in [7, 11) is 1.70. The van der Waals surface area contributed by atoms with Crippen molar-refractivity contribution in [2.24, 2.45) is 0 Å². The number of hydrogen-bond donors (Lipinski definition) is 1. The molecular weight excluding hydrogens is 418 g/mol. The average Bonchev–Trinajstić information content (AvgIpc) is 3.25. The number of methoxy groups -OCH3 is 1. The van der Waals surface area contributed by atoms with Crippen LogP contribution >= 0.6 is 0 Å². The second-order valence-electron chi connectivity index (χ2n) is 8.35. The van der Waals surface area contributed by atoms with E-state index in [1.807, 2.05) is 30.5 Å². The van der Waals surface area contributed by atoms with Crippen LogP contribution in [0.2, 0.25) is 0 Å². The van der Waals surface area contributed by atoms with Crippen molar-refractivity contribution in [1.82, 2.24) is 19.8 Å². The first-order valence-corrected chi connectivity index (χ1v) is 11.6. The molecule has 1 aromatic carbocycles. The van der Waals surface area contributed by atoms with Gasteiger partial charge in [0.2, 0.25) is 5.91 Å². The molecule has 1 amide bonds. The van der Waals surface area contributed by atoms with E-state index in [0.717, 1.165) is 68.1 Å². The fraction of sp³-hybridized carbons (Fsp3) is 0.440. The van der Waals surface area contributed by atoms with Gasteiger partial charge < -0.3 is 19.7 Å². The largest absolute Gasteiger partial charge is 0.497 e. The number of unbranched alkanes of at least 4 members (excludes halogenated alkanes) is 1. The smallest absolute Gasteiger partial charge is 0.217 e. The molecule has 4 rings (SSSR count). The Morgan fingerprint density at radius 3 is 2.58 bits per heavy atom. The fourth-order valence-electron chi connectivity index (χ4n) is 4.11. The van der Waals surface area contributed by atoms with Gasteiger partial charge in [-0.3, -0.25) is 9.69 Å². The molecule has 1 saturated heterocycles. The Bertz CT molecular complexity index is 1040. The maximum Gasteiger partial charge on any atom is 0.217 e. The van der Waals surface area contributed by atoms with Crippen molar-refractivity contribution < 1.29 is 14.3 Å². The second-order valence-corrected chi connectivity index (χ2v) is 8.35. The summed E-state index contributed by atoms with van der Waals surface area (Å²) in [5.74, 6) is 1.68. The number of benzene rings is 1. The number of ether oxygens (including phenoxy) is 2. The van der Waals surface area contributed by atoms with Gasteiger partial charge in [0, 0.05) is 63.2 Å². The monoisotopic (exact) mass is 451 g/mol. The minimum absolute atomic E-state index is 0.0519. The van der Waals surface area contributed by atoms with Crippen LogP contribution in [0.15, 0.2) is 48.8 Å². The molecule has 3 heterocycles. The van der Waals surface area contributed by atoms with Crippen LogP contribution in [-0.4, -0.2) is 66.9 Å². The van der Waals surface area contributed by atoms with Gasteiger partial charge in [0.1, 0.15) is 11.5 Å². The van der Waals surface area contributed by atoms with Crippen molar-refractivity contribution >= 4 is 17.1 Å². The maximum absolute atomic E-state index is 11.2. The molecule has 0 atom stereocenters. The highest BCUT2D eigenvalue weighted by molar-refractivity contribution is 5.73. The van der Waals surface area contributed by atoms with Crippen molar-refractivity contribution in [3.63, 3.8) is 0 Å².